The van der Waals surface area contributed by atoms with Gasteiger partial charge in [0.25, 0.3) is 5.69 Å². The minimum absolute atomic E-state index is 0.000481. The van der Waals surface area contributed by atoms with Crippen LogP contribution in [0.15, 0.2) is 48.5 Å². The van der Waals surface area contributed by atoms with E-state index in [2.05, 4.69) is 5.32 Å². The van der Waals surface area contributed by atoms with Crippen LogP contribution < -0.4 is 5.32 Å². The number of nitro benzene ring substituents is 1. The maximum atomic E-state index is 12.3. The number of nitro groups is 1. The van der Waals surface area contributed by atoms with Gasteiger partial charge in [-0.05, 0) is 18.9 Å². The lowest BCUT2D eigenvalue weighted by Gasteiger charge is -2.17. The van der Waals surface area contributed by atoms with Gasteiger partial charge in [0.1, 0.15) is 0 Å². The molecule has 23 heavy (non-hydrogen) atoms. The molecular formula is C18H20N2O3. The van der Waals surface area contributed by atoms with E-state index in [1.165, 1.54) is 6.07 Å². The maximum absolute atomic E-state index is 12.3. The third-order valence-electron chi connectivity index (χ3n) is 3.76. The fourth-order valence-electron chi connectivity index (χ4n) is 2.48. The highest BCUT2D eigenvalue weighted by Crippen LogP contribution is 2.20. The second-order valence-corrected chi connectivity index (χ2v) is 5.50. The summed E-state index contributed by atoms with van der Waals surface area (Å²) in [5, 5.41) is 14.0. The van der Waals surface area contributed by atoms with Crippen LogP contribution in [0.4, 0.5) is 5.69 Å². The van der Waals surface area contributed by atoms with Crippen LogP contribution in [-0.2, 0) is 11.2 Å². The van der Waals surface area contributed by atoms with E-state index >= 15 is 0 Å². The predicted octanol–water partition coefficient (Wildman–Crippen LogP) is 3.71. The Hall–Kier alpha value is -2.69. The van der Waals surface area contributed by atoms with Crippen LogP contribution in [0, 0.1) is 17.0 Å². The van der Waals surface area contributed by atoms with Gasteiger partial charge >= 0.3 is 0 Å². The molecule has 2 rings (SSSR count). The zero-order valence-corrected chi connectivity index (χ0v) is 13.3. The Labute approximate surface area is 135 Å². The Morgan fingerprint density at radius 3 is 2.43 bits per heavy atom. The van der Waals surface area contributed by atoms with Crippen molar-refractivity contribution in [2.75, 3.05) is 0 Å². The van der Waals surface area contributed by atoms with Crippen molar-refractivity contribution in [2.24, 2.45) is 0 Å². The van der Waals surface area contributed by atoms with Gasteiger partial charge < -0.3 is 5.32 Å². The van der Waals surface area contributed by atoms with Crippen molar-refractivity contribution >= 4 is 11.6 Å². The number of benzene rings is 2. The number of para-hydroxylation sites is 1. The maximum Gasteiger partial charge on any atom is 0.273 e. The van der Waals surface area contributed by atoms with Gasteiger partial charge in [-0.15, -0.1) is 0 Å². The van der Waals surface area contributed by atoms with Crippen LogP contribution in [0.3, 0.4) is 0 Å². The number of nitrogens with zero attached hydrogens (tertiary/aromatic N) is 1. The van der Waals surface area contributed by atoms with Crippen LogP contribution in [0.25, 0.3) is 0 Å². The standard InChI is InChI=1S/C18H20N2O3/c1-3-16(14-10-8-13(2)9-11-14)19-18(21)12-15-6-4-5-7-17(15)20(22)23/h4-11,16H,3,12H2,1-2H3,(H,19,21)/t16-/m0/s1. The third kappa shape index (κ3) is 4.39. The van der Waals surface area contributed by atoms with Gasteiger partial charge in [0.05, 0.1) is 17.4 Å². The summed E-state index contributed by atoms with van der Waals surface area (Å²) in [7, 11) is 0. The van der Waals surface area contributed by atoms with Gasteiger partial charge in [-0.25, -0.2) is 0 Å². The van der Waals surface area contributed by atoms with Crippen molar-refractivity contribution in [3.63, 3.8) is 0 Å². The Morgan fingerprint density at radius 1 is 1.17 bits per heavy atom. The molecule has 0 aliphatic rings. The molecule has 2 aromatic rings. The minimum atomic E-state index is -0.458. The molecule has 1 atom stereocenters. The summed E-state index contributed by atoms with van der Waals surface area (Å²) < 4.78 is 0. The first kappa shape index (κ1) is 16.7. The molecule has 1 N–H and O–H groups in total. The zero-order chi connectivity index (χ0) is 16.8. The molecule has 0 spiro atoms. The molecule has 0 aromatic heterocycles. The highest BCUT2D eigenvalue weighted by molar-refractivity contribution is 5.80. The summed E-state index contributed by atoms with van der Waals surface area (Å²) in [6, 6.07) is 14.2. The first-order valence-electron chi connectivity index (χ1n) is 7.59. The van der Waals surface area contributed by atoms with Crippen molar-refractivity contribution in [3.8, 4) is 0 Å². The fraction of sp³-hybridized carbons (Fsp3) is 0.278. The summed E-state index contributed by atoms with van der Waals surface area (Å²) in [4.78, 5) is 22.8. The molecule has 0 aliphatic carbocycles. The van der Waals surface area contributed by atoms with Crippen LogP contribution in [0.1, 0.15) is 36.1 Å². The van der Waals surface area contributed by atoms with Gasteiger partial charge in [-0.1, -0.05) is 55.0 Å². The Kier molecular flexibility index (Phi) is 5.46. The lowest BCUT2D eigenvalue weighted by molar-refractivity contribution is -0.385. The van der Waals surface area contributed by atoms with Crippen molar-refractivity contribution in [2.45, 2.75) is 32.7 Å². The summed E-state index contributed by atoms with van der Waals surface area (Å²) in [5.74, 6) is -0.216. The van der Waals surface area contributed by atoms with Gasteiger partial charge in [-0.2, -0.15) is 0 Å². The molecule has 1 amide bonds. The van der Waals surface area contributed by atoms with Crippen LogP contribution in [-0.4, -0.2) is 10.8 Å². The quantitative estimate of drug-likeness (QED) is 0.652. The van der Waals surface area contributed by atoms with Gasteiger partial charge in [-0.3, -0.25) is 14.9 Å². The van der Waals surface area contributed by atoms with E-state index in [1.807, 2.05) is 38.1 Å². The Morgan fingerprint density at radius 2 is 1.83 bits per heavy atom. The van der Waals surface area contributed by atoms with E-state index < -0.39 is 4.92 Å². The van der Waals surface area contributed by atoms with E-state index in [1.54, 1.807) is 18.2 Å². The summed E-state index contributed by atoms with van der Waals surface area (Å²) in [5.41, 5.74) is 2.60. The number of hydrogen-bond acceptors (Lipinski definition) is 3. The molecule has 2 aromatic carbocycles. The van der Waals surface area contributed by atoms with Crippen LogP contribution >= 0.6 is 0 Å². The monoisotopic (exact) mass is 312 g/mol. The number of aryl methyl sites for hydroxylation is 1. The number of amides is 1. The lowest BCUT2D eigenvalue weighted by atomic mass is 10.0. The number of rotatable bonds is 6. The van der Waals surface area contributed by atoms with Gasteiger partial charge in [0.2, 0.25) is 5.91 Å². The molecule has 5 heteroatoms. The number of hydrogen-bond donors (Lipinski definition) is 1. The first-order chi connectivity index (χ1) is 11.0. The summed E-state index contributed by atoms with van der Waals surface area (Å²) in [6.45, 7) is 4.01. The van der Waals surface area contributed by atoms with E-state index in [-0.39, 0.29) is 24.1 Å². The van der Waals surface area contributed by atoms with Crippen LogP contribution in [0.2, 0.25) is 0 Å². The molecule has 0 heterocycles. The molecule has 0 saturated heterocycles. The molecule has 0 unspecified atom stereocenters. The molecular weight excluding hydrogens is 292 g/mol. The normalized spacial score (nSPS) is 11.7. The lowest BCUT2D eigenvalue weighted by Crippen LogP contribution is -2.29. The van der Waals surface area contributed by atoms with E-state index in [0.29, 0.717) is 5.56 Å². The van der Waals surface area contributed by atoms with E-state index in [0.717, 1.165) is 17.5 Å². The summed E-state index contributed by atoms with van der Waals surface area (Å²) in [6.07, 6.45) is 0.755. The topological polar surface area (TPSA) is 72.2 Å². The zero-order valence-electron chi connectivity index (χ0n) is 13.3. The van der Waals surface area contributed by atoms with E-state index in [4.69, 9.17) is 0 Å². The van der Waals surface area contributed by atoms with Crippen LogP contribution in [0.5, 0.6) is 0 Å². The van der Waals surface area contributed by atoms with E-state index in [9.17, 15) is 14.9 Å². The number of carbonyl (C=O) groups is 1. The molecule has 5 nitrogen and oxygen atoms in total. The minimum Gasteiger partial charge on any atom is -0.349 e. The van der Waals surface area contributed by atoms with Crippen molar-refractivity contribution < 1.29 is 9.72 Å². The second-order valence-electron chi connectivity index (χ2n) is 5.50. The molecule has 0 aliphatic heterocycles. The fourth-order valence-corrected chi connectivity index (χ4v) is 2.48. The summed E-state index contributed by atoms with van der Waals surface area (Å²) >= 11 is 0. The van der Waals surface area contributed by atoms with Crippen molar-refractivity contribution in [1.82, 2.24) is 5.32 Å². The average Bonchev–Trinajstić information content (AvgIpc) is 2.54. The SMILES string of the molecule is CC[C@H](NC(=O)Cc1ccccc1[N+](=O)[O-])c1ccc(C)cc1. The smallest absolute Gasteiger partial charge is 0.273 e. The Balaban J connectivity index is 2.09. The molecule has 0 radical (unpaired) electrons. The molecule has 0 bridgehead atoms. The number of carbonyl (C=O) groups excluding carboxylic acids is 1. The average molecular weight is 312 g/mol. The molecule has 0 saturated carbocycles. The Bertz CT molecular complexity index is 696. The highest BCUT2D eigenvalue weighted by atomic mass is 16.6. The highest BCUT2D eigenvalue weighted by Gasteiger charge is 2.18. The third-order valence-corrected chi connectivity index (χ3v) is 3.76. The van der Waals surface area contributed by atoms with Gasteiger partial charge in [0.15, 0.2) is 0 Å². The largest absolute Gasteiger partial charge is 0.349 e. The number of nitrogens with one attached hydrogen (secondary N) is 1. The second kappa shape index (κ2) is 7.54. The first-order valence-corrected chi connectivity index (χ1v) is 7.59. The molecule has 0 fully saturated rings. The van der Waals surface area contributed by atoms with Gasteiger partial charge in [0, 0.05) is 11.6 Å². The van der Waals surface area contributed by atoms with Crippen molar-refractivity contribution in [3.05, 3.63) is 75.3 Å². The predicted molar refractivity (Wildman–Crippen MR) is 89.2 cm³/mol. The molecule has 120 valence electrons. The van der Waals surface area contributed by atoms with Crippen molar-refractivity contribution in [1.29, 1.82) is 0 Å².